The molecule has 0 unspecified atom stereocenters. The van der Waals surface area contributed by atoms with E-state index in [1.165, 1.54) is 22.0 Å². The van der Waals surface area contributed by atoms with Crippen molar-refractivity contribution in [1.82, 2.24) is 39.4 Å². The first-order valence-corrected chi connectivity index (χ1v) is 17.5. The molecule has 2 aromatic carbocycles. The minimum atomic E-state index is -0.650. The van der Waals surface area contributed by atoms with Crippen molar-refractivity contribution in [2.24, 2.45) is 19.5 Å². The molecular weight excluding hydrogens is 640 g/mol. The number of esters is 1. The highest BCUT2D eigenvalue weighted by atomic mass is 16.5. The van der Waals surface area contributed by atoms with Gasteiger partial charge in [-0.2, -0.15) is 10.2 Å². The van der Waals surface area contributed by atoms with E-state index in [0.717, 1.165) is 16.6 Å². The molecule has 0 spiro atoms. The van der Waals surface area contributed by atoms with Crippen LogP contribution < -0.4 is 5.32 Å². The Labute approximate surface area is 300 Å². The molecule has 0 aliphatic heterocycles. The van der Waals surface area contributed by atoms with Crippen LogP contribution in [0.2, 0.25) is 0 Å². The summed E-state index contributed by atoms with van der Waals surface area (Å²) in [4.78, 5) is 35.2. The Balaban J connectivity index is 0.000000299. The summed E-state index contributed by atoms with van der Waals surface area (Å²) < 4.78 is 10.9. The quantitative estimate of drug-likeness (QED) is 0.175. The first-order valence-electron chi connectivity index (χ1n) is 17.5. The molecule has 0 aliphatic rings. The van der Waals surface area contributed by atoms with Crippen LogP contribution in [0.25, 0.3) is 44.4 Å². The van der Waals surface area contributed by atoms with Crippen LogP contribution in [0, 0.1) is 12.3 Å². The summed E-state index contributed by atoms with van der Waals surface area (Å²) in [5.41, 5.74) is 7.29. The van der Waals surface area contributed by atoms with Gasteiger partial charge in [0.25, 0.3) is 5.91 Å². The first kappa shape index (κ1) is 37.2. The fourth-order valence-electron chi connectivity index (χ4n) is 5.83. The van der Waals surface area contributed by atoms with E-state index in [0.29, 0.717) is 40.0 Å². The maximum Gasteiger partial charge on any atom is 0.312 e. The molecule has 0 bridgehead atoms. The third-order valence-electron chi connectivity index (χ3n) is 8.75. The highest BCUT2D eigenvalue weighted by Gasteiger charge is 2.26. The number of rotatable bonds is 6. The maximum atomic E-state index is 13.2. The zero-order valence-electron chi connectivity index (χ0n) is 32.3. The summed E-state index contributed by atoms with van der Waals surface area (Å²) in [5.74, 6) is 0.320. The molecule has 0 atom stereocenters. The number of nitrogens with zero attached hydrogens (tertiary/aromatic N) is 7. The first-order chi connectivity index (χ1) is 23.7. The lowest BCUT2D eigenvalue weighted by molar-refractivity contribution is -0.156. The molecule has 0 radical (unpaired) electrons. The second-order valence-corrected chi connectivity index (χ2v) is 16.0. The smallest absolute Gasteiger partial charge is 0.312 e. The SMILES string of the molecule is CC(C)c1ccc2c(c1)c(-c1cnc3c(n1)c(C(=O)NC(C)(C)C)cn3COC(=O)C(C)(C)C)nn2C.Cc1nn(C)c2ccc(C(C)C)cc12. The Kier molecular flexibility index (Phi) is 10.2. The van der Waals surface area contributed by atoms with E-state index in [2.05, 4.69) is 86.4 Å². The minimum absolute atomic E-state index is 0.0757. The fourth-order valence-corrected chi connectivity index (χ4v) is 5.83. The van der Waals surface area contributed by atoms with Gasteiger partial charge in [0.05, 0.1) is 33.9 Å². The largest absolute Gasteiger partial charge is 0.443 e. The molecule has 11 heteroatoms. The molecule has 270 valence electrons. The highest BCUT2D eigenvalue weighted by molar-refractivity contribution is 6.05. The van der Waals surface area contributed by atoms with Crippen molar-refractivity contribution < 1.29 is 14.3 Å². The van der Waals surface area contributed by atoms with Crippen LogP contribution in [0.5, 0.6) is 0 Å². The summed E-state index contributed by atoms with van der Waals surface area (Å²) in [5, 5.41) is 14.4. The topological polar surface area (TPSA) is 122 Å². The molecule has 1 N–H and O–H groups in total. The summed E-state index contributed by atoms with van der Waals surface area (Å²) in [6.07, 6.45) is 3.29. The number of benzene rings is 2. The lowest BCUT2D eigenvalue weighted by Gasteiger charge is -2.20. The van der Waals surface area contributed by atoms with Crippen LogP contribution in [0.4, 0.5) is 0 Å². The number of amides is 1. The normalized spacial score (nSPS) is 12.2. The average molecular weight is 693 g/mol. The van der Waals surface area contributed by atoms with Crippen molar-refractivity contribution in [3.05, 3.63) is 71.2 Å². The standard InChI is InChI=1S/C28H36N6O3.C12H16N2/c1-16(2)17-10-11-21-18(12-17)22(32-33(21)9)20-13-29-24-23(30-20)19(25(35)31-28(6,7)8)14-34(24)15-37-26(36)27(3,4)5;1-8(2)10-5-6-12-11(7-10)9(3)13-14(12)4/h10-14,16H,15H2,1-9H3,(H,31,35);5-8H,1-4H3. The molecule has 6 rings (SSSR count). The third-order valence-corrected chi connectivity index (χ3v) is 8.75. The van der Waals surface area contributed by atoms with Gasteiger partial charge in [0.1, 0.15) is 16.9 Å². The molecule has 0 aliphatic carbocycles. The minimum Gasteiger partial charge on any atom is -0.443 e. The van der Waals surface area contributed by atoms with E-state index in [9.17, 15) is 9.59 Å². The number of carbonyl (C=O) groups is 2. The zero-order valence-corrected chi connectivity index (χ0v) is 32.3. The predicted octanol–water partition coefficient (Wildman–Crippen LogP) is 8.19. The average Bonchev–Trinajstić information content (AvgIpc) is 3.68. The van der Waals surface area contributed by atoms with Gasteiger partial charge in [-0.05, 0) is 95.7 Å². The zero-order chi connectivity index (χ0) is 37.6. The van der Waals surface area contributed by atoms with Gasteiger partial charge in [-0.15, -0.1) is 0 Å². The Bertz CT molecular complexity index is 2240. The number of nitrogens with one attached hydrogen (secondary N) is 1. The van der Waals surface area contributed by atoms with Crippen LogP contribution in [0.15, 0.2) is 48.8 Å². The molecule has 11 nitrogen and oxygen atoms in total. The second-order valence-electron chi connectivity index (χ2n) is 16.0. The van der Waals surface area contributed by atoms with Crippen molar-refractivity contribution in [2.45, 2.75) is 100 Å². The Morgan fingerprint density at radius 2 is 1.41 bits per heavy atom. The van der Waals surface area contributed by atoms with Crippen LogP contribution in [-0.4, -0.2) is 51.5 Å². The van der Waals surface area contributed by atoms with Crippen molar-refractivity contribution in [3.8, 4) is 11.4 Å². The number of hydrogen-bond acceptors (Lipinski definition) is 7. The number of hydrogen-bond donors (Lipinski definition) is 1. The molecule has 6 aromatic rings. The van der Waals surface area contributed by atoms with Crippen LogP contribution in [0.3, 0.4) is 0 Å². The lowest BCUT2D eigenvalue weighted by atomic mass is 9.98. The number of fused-ring (bicyclic) bond motifs is 3. The Hall–Kier alpha value is -5.06. The van der Waals surface area contributed by atoms with Crippen LogP contribution >= 0.6 is 0 Å². The number of aromatic nitrogens is 7. The monoisotopic (exact) mass is 692 g/mol. The van der Waals surface area contributed by atoms with Crippen molar-refractivity contribution in [1.29, 1.82) is 0 Å². The molecule has 51 heavy (non-hydrogen) atoms. The predicted molar refractivity (Wildman–Crippen MR) is 204 cm³/mol. The number of ether oxygens (including phenoxy) is 1. The van der Waals surface area contributed by atoms with Gasteiger partial charge < -0.3 is 10.1 Å². The van der Waals surface area contributed by atoms with Crippen LogP contribution in [-0.2, 0) is 30.4 Å². The van der Waals surface area contributed by atoms with E-state index in [1.807, 2.05) is 44.2 Å². The molecular formula is C40H52N8O3. The van der Waals surface area contributed by atoms with Gasteiger partial charge in [-0.3, -0.25) is 23.5 Å². The molecule has 4 aromatic heterocycles. The third kappa shape index (κ3) is 7.97. The van der Waals surface area contributed by atoms with Gasteiger partial charge in [-0.25, -0.2) is 9.97 Å². The van der Waals surface area contributed by atoms with Gasteiger partial charge in [0.15, 0.2) is 12.4 Å². The fraction of sp³-hybridized carbons (Fsp3) is 0.450. The summed E-state index contributed by atoms with van der Waals surface area (Å²) in [7, 11) is 3.89. The second kappa shape index (κ2) is 13.9. The summed E-state index contributed by atoms with van der Waals surface area (Å²) in [6.45, 7) is 21.8. The lowest BCUT2D eigenvalue weighted by Crippen LogP contribution is -2.40. The van der Waals surface area contributed by atoms with Gasteiger partial charge >= 0.3 is 5.97 Å². The van der Waals surface area contributed by atoms with E-state index < -0.39 is 11.0 Å². The van der Waals surface area contributed by atoms with Gasteiger partial charge in [0.2, 0.25) is 0 Å². The Morgan fingerprint density at radius 1 is 0.843 bits per heavy atom. The Morgan fingerprint density at radius 3 is 1.98 bits per heavy atom. The van der Waals surface area contributed by atoms with Crippen molar-refractivity contribution in [3.63, 3.8) is 0 Å². The van der Waals surface area contributed by atoms with Crippen LogP contribution in [0.1, 0.15) is 108 Å². The van der Waals surface area contributed by atoms with E-state index in [1.54, 1.807) is 37.7 Å². The highest BCUT2D eigenvalue weighted by Crippen LogP contribution is 2.31. The maximum absolute atomic E-state index is 13.2. The van der Waals surface area contributed by atoms with E-state index >= 15 is 0 Å². The van der Waals surface area contributed by atoms with Gasteiger partial charge in [0, 0.05) is 36.6 Å². The van der Waals surface area contributed by atoms with Crippen molar-refractivity contribution in [2.75, 3.05) is 0 Å². The summed E-state index contributed by atoms with van der Waals surface area (Å²) >= 11 is 0. The molecule has 4 heterocycles. The number of carbonyl (C=O) groups excluding carboxylic acids is 2. The van der Waals surface area contributed by atoms with E-state index in [-0.39, 0.29) is 18.6 Å². The molecule has 0 saturated carbocycles. The summed E-state index contributed by atoms with van der Waals surface area (Å²) in [6, 6.07) is 12.9. The van der Waals surface area contributed by atoms with Crippen molar-refractivity contribution >= 4 is 44.8 Å². The van der Waals surface area contributed by atoms with Gasteiger partial charge in [-0.1, -0.05) is 39.8 Å². The molecule has 0 fully saturated rings. The van der Waals surface area contributed by atoms with E-state index in [4.69, 9.17) is 14.8 Å². The molecule has 1 amide bonds. The number of aryl methyl sites for hydroxylation is 3. The molecule has 0 saturated heterocycles.